The number of fused-ring (bicyclic) bond motifs is 3. The second-order valence-electron chi connectivity index (χ2n) is 5.78. The first-order valence-electron chi connectivity index (χ1n) is 6.79. The van der Waals surface area contributed by atoms with Gasteiger partial charge in [-0.2, -0.15) is 0 Å². The van der Waals surface area contributed by atoms with Gasteiger partial charge in [0.2, 0.25) is 0 Å². The molecule has 0 unspecified atom stereocenters. The average molecular weight is 236 g/mol. The molecule has 92 valence electrons. The first-order chi connectivity index (χ1) is 8.56. The third kappa shape index (κ3) is 1.38. The van der Waals surface area contributed by atoms with E-state index in [0.717, 1.165) is 6.42 Å². The number of aryl methyl sites for hydroxylation is 2. The molecule has 2 aromatic carbocycles. The predicted octanol–water partition coefficient (Wildman–Crippen LogP) is 5.00. The smallest absolute Gasteiger partial charge is 0.0184 e. The standard InChI is InChI=1S/C18H20/c1-5-18(4)16-10-12(2)6-8-14(16)15-9-7-13(3)11-17(15)18/h6-11H,5H2,1-4H3. The molecule has 0 N–H and O–H groups in total. The van der Waals surface area contributed by atoms with Gasteiger partial charge >= 0.3 is 0 Å². The molecule has 0 aromatic heterocycles. The highest BCUT2D eigenvalue weighted by molar-refractivity contribution is 5.81. The van der Waals surface area contributed by atoms with Crippen molar-refractivity contribution in [2.45, 2.75) is 39.5 Å². The Morgan fingerprint density at radius 2 is 1.28 bits per heavy atom. The third-order valence-electron chi connectivity index (χ3n) is 4.54. The van der Waals surface area contributed by atoms with Gasteiger partial charge in [0.25, 0.3) is 0 Å². The van der Waals surface area contributed by atoms with Crippen molar-refractivity contribution in [2.75, 3.05) is 0 Å². The zero-order valence-corrected chi connectivity index (χ0v) is 11.7. The van der Waals surface area contributed by atoms with E-state index in [1.54, 1.807) is 0 Å². The SMILES string of the molecule is CCC1(C)c2cc(C)ccc2-c2ccc(C)cc21. The lowest BCUT2D eigenvalue weighted by Gasteiger charge is -2.26. The van der Waals surface area contributed by atoms with Gasteiger partial charge in [-0.3, -0.25) is 0 Å². The van der Waals surface area contributed by atoms with Crippen molar-refractivity contribution in [2.24, 2.45) is 0 Å². The topological polar surface area (TPSA) is 0 Å². The monoisotopic (exact) mass is 236 g/mol. The summed E-state index contributed by atoms with van der Waals surface area (Å²) >= 11 is 0. The first kappa shape index (κ1) is 11.5. The van der Waals surface area contributed by atoms with E-state index in [9.17, 15) is 0 Å². The van der Waals surface area contributed by atoms with E-state index < -0.39 is 0 Å². The van der Waals surface area contributed by atoms with Crippen LogP contribution in [0.1, 0.15) is 42.5 Å². The average Bonchev–Trinajstić information content (AvgIpc) is 2.60. The van der Waals surface area contributed by atoms with Crippen molar-refractivity contribution in [3.63, 3.8) is 0 Å². The van der Waals surface area contributed by atoms with Crippen LogP contribution >= 0.6 is 0 Å². The molecule has 18 heavy (non-hydrogen) atoms. The molecule has 1 aliphatic rings. The lowest BCUT2D eigenvalue weighted by Crippen LogP contribution is -2.19. The van der Waals surface area contributed by atoms with Gasteiger partial charge < -0.3 is 0 Å². The first-order valence-corrected chi connectivity index (χ1v) is 6.79. The summed E-state index contributed by atoms with van der Waals surface area (Å²) in [6, 6.07) is 13.8. The normalized spacial score (nSPS) is 15.3. The van der Waals surface area contributed by atoms with E-state index in [-0.39, 0.29) is 5.41 Å². The van der Waals surface area contributed by atoms with Crippen LogP contribution in [0.4, 0.5) is 0 Å². The lowest BCUT2D eigenvalue weighted by atomic mass is 9.77. The number of rotatable bonds is 1. The molecule has 1 aliphatic carbocycles. The Bertz CT molecular complexity index is 568. The van der Waals surface area contributed by atoms with Crippen LogP contribution in [0.25, 0.3) is 11.1 Å². The molecule has 0 heterocycles. The molecule has 0 atom stereocenters. The van der Waals surface area contributed by atoms with E-state index in [0.29, 0.717) is 0 Å². The second-order valence-corrected chi connectivity index (χ2v) is 5.78. The highest BCUT2D eigenvalue weighted by Crippen LogP contribution is 2.50. The molecule has 0 amide bonds. The van der Waals surface area contributed by atoms with Gasteiger partial charge in [-0.05, 0) is 42.5 Å². The van der Waals surface area contributed by atoms with Crippen molar-refractivity contribution in [1.82, 2.24) is 0 Å². The third-order valence-corrected chi connectivity index (χ3v) is 4.54. The molecule has 0 spiro atoms. The van der Waals surface area contributed by atoms with Crippen LogP contribution in [0.5, 0.6) is 0 Å². The molecule has 3 rings (SSSR count). The Labute approximate surface area is 110 Å². The minimum Gasteiger partial charge on any atom is -0.0642 e. The van der Waals surface area contributed by atoms with Crippen LogP contribution in [0.2, 0.25) is 0 Å². The number of benzene rings is 2. The summed E-state index contributed by atoms with van der Waals surface area (Å²) in [6.07, 6.45) is 1.15. The molecule has 0 radical (unpaired) electrons. The van der Waals surface area contributed by atoms with Gasteiger partial charge in [-0.1, -0.05) is 61.4 Å². The summed E-state index contributed by atoms with van der Waals surface area (Å²) in [6.45, 7) is 9.05. The largest absolute Gasteiger partial charge is 0.0642 e. The summed E-state index contributed by atoms with van der Waals surface area (Å²) in [4.78, 5) is 0. The van der Waals surface area contributed by atoms with Crippen LogP contribution < -0.4 is 0 Å². The van der Waals surface area contributed by atoms with Crippen LogP contribution in [-0.2, 0) is 5.41 Å². The van der Waals surface area contributed by atoms with E-state index in [1.165, 1.54) is 33.4 Å². The number of hydrogen-bond donors (Lipinski definition) is 0. The zero-order valence-electron chi connectivity index (χ0n) is 11.7. The molecule has 0 bridgehead atoms. The minimum atomic E-state index is 0.183. The minimum absolute atomic E-state index is 0.183. The predicted molar refractivity (Wildman–Crippen MR) is 78.1 cm³/mol. The maximum Gasteiger partial charge on any atom is 0.0184 e. The molecule has 0 saturated carbocycles. The Hall–Kier alpha value is -1.56. The van der Waals surface area contributed by atoms with Crippen molar-refractivity contribution in [3.05, 3.63) is 58.7 Å². The Kier molecular flexibility index (Phi) is 2.38. The van der Waals surface area contributed by atoms with E-state index in [4.69, 9.17) is 0 Å². The maximum absolute atomic E-state index is 2.39. The summed E-state index contributed by atoms with van der Waals surface area (Å²) in [5, 5.41) is 0. The van der Waals surface area contributed by atoms with Gasteiger partial charge in [-0.25, -0.2) is 0 Å². The summed E-state index contributed by atoms with van der Waals surface area (Å²) in [7, 11) is 0. The van der Waals surface area contributed by atoms with Crippen molar-refractivity contribution in [3.8, 4) is 11.1 Å². The molecule has 0 nitrogen and oxygen atoms in total. The van der Waals surface area contributed by atoms with Gasteiger partial charge in [0.05, 0.1) is 0 Å². The van der Waals surface area contributed by atoms with Crippen molar-refractivity contribution < 1.29 is 0 Å². The molecule has 0 aliphatic heterocycles. The van der Waals surface area contributed by atoms with Crippen LogP contribution in [-0.4, -0.2) is 0 Å². The van der Waals surface area contributed by atoms with Crippen LogP contribution in [0, 0.1) is 13.8 Å². The fraction of sp³-hybridized carbons (Fsp3) is 0.333. The quantitative estimate of drug-likeness (QED) is 0.653. The van der Waals surface area contributed by atoms with E-state index in [1.807, 2.05) is 0 Å². The van der Waals surface area contributed by atoms with Crippen LogP contribution in [0.15, 0.2) is 36.4 Å². The molecule has 2 aromatic rings. The summed E-state index contributed by atoms with van der Waals surface area (Å²) in [5.74, 6) is 0. The lowest BCUT2D eigenvalue weighted by molar-refractivity contribution is 0.564. The fourth-order valence-electron chi connectivity index (χ4n) is 3.22. The molecule has 0 saturated heterocycles. The molecular formula is C18H20. The second kappa shape index (κ2) is 3.71. The van der Waals surface area contributed by atoms with Crippen LogP contribution in [0.3, 0.4) is 0 Å². The van der Waals surface area contributed by atoms with Gasteiger partial charge in [0, 0.05) is 5.41 Å². The summed E-state index contributed by atoms with van der Waals surface area (Å²) < 4.78 is 0. The van der Waals surface area contributed by atoms with Crippen molar-refractivity contribution >= 4 is 0 Å². The molecule has 0 heteroatoms. The van der Waals surface area contributed by atoms with E-state index in [2.05, 4.69) is 64.1 Å². The maximum atomic E-state index is 2.39. The zero-order chi connectivity index (χ0) is 12.9. The molecular weight excluding hydrogens is 216 g/mol. The Morgan fingerprint density at radius 3 is 1.67 bits per heavy atom. The van der Waals surface area contributed by atoms with Crippen molar-refractivity contribution in [1.29, 1.82) is 0 Å². The Morgan fingerprint density at radius 1 is 0.833 bits per heavy atom. The van der Waals surface area contributed by atoms with E-state index >= 15 is 0 Å². The Balaban J connectivity index is 2.37. The van der Waals surface area contributed by atoms with Gasteiger partial charge in [0.1, 0.15) is 0 Å². The summed E-state index contributed by atoms with van der Waals surface area (Å²) in [5.41, 5.74) is 8.77. The van der Waals surface area contributed by atoms with Gasteiger partial charge in [0.15, 0.2) is 0 Å². The van der Waals surface area contributed by atoms with Gasteiger partial charge in [-0.15, -0.1) is 0 Å². The molecule has 0 fully saturated rings. The highest BCUT2D eigenvalue weighted by Gasteiger charge is 2.37. The number of hydrogen-bond acceptors (Lipinski definition) is 0. The fourth-order valence-corrected chi connectivity index (χ4v) is 3.22. The highest BCUT2D eigenvalue weighted by atomic mass is 14.4.